The molecule has 1 unspecified atom stereocenters. The van der Waals surface area contributed by atoms with Gasteiger partial charge in [-0.1, -0.05) is 6.07 Å². The Morgan fingerprint density at radius 3 is 2.68 bits per heavy atom. The standard InChI is InChI=1S/C20H34N6S.HI/c1-16-6-5-7-18(23-16)26-11-8-17(9-12-26)24-19(21-2)22-14-20(25(3)4)10-13-27-15-20;/h5-7,17H,8-15H2,1-4H3,(H2,21,22,24);1H. The molecule has 28 heavy (non-hydrogen) atoms. The second-order valence-electron chi connectivity index (χ2n) is 7.89. The number of anilines is 1. The summed E-state index contributed by atoms with van der Waals surface area (Å²) in [6.45, 7) is 5.06. The third kappa shape index (κ3) is 5.89. The highest BCUT2D eigenvalue weighted by molar-refractivity contribution is 14.0. The number of hydrogen-bond donors (Lipinski definition) is 2. The highest BCUT2D eigenvalue weighted by Gasteiger charge is 2.36. The third-order valence-corrected chi connectivity index (χ3v) is 7.11. The Balaban J connectivity index is 0.00000280. The number of nitrogens with one attached hydrogen (secondary N) is 2. The van der Waals surface area contributed by atoms with Gasteiger partial charge in [-0.2, -0.15) is 11.8 Å². The van der Waals surface area contributed by atoms with Crippen molar-refractivity contribution in [3.05, 3.63) is 23.9 Å². The second kappa shape index (κ2) is 10.9. The van der Waals surface area contributed by atoms with E-state index in [4.69, 9.17) is 0 Å². The first-order valence-electron chi connectivity index (χ1n) is 9.93. The van der Waals surface area contributed by atoms with E-state index >= 15 is 0 Å². The number of piperidine rings is 1. The summed E-state index contributed by atoms with van der Waals surface area (Å²) in [4.78, 5) is 13.9. The first-order chi connectivity index (χ1) is 13.0. The minimum atomic E-state index is 0. The van der Waals surface area contributed by atoms with Crippen LogP contribution in [0.25, 0.3) is 0 Å². The summed E-state index contributed by atoms with van der Waals surface area (Å²) in [7, 11) is 6.25. The molecule has 0 aliphatic carbocycles. The first-order valence-corrected chi connectivity index (χ1v) is 11.1. The molecule has 3 rings (SSSR count). The van der Waals surface area contributed by atoms with Crippen LogP contribution >= 0.6 is 35.7 Å². The van der Waals surface area contributed by atoms with Crippen LogP contribution in [-0.4, -0.2) is 79.7 Å². The average molecular weight is 519 g/mol. The molecule has 6 nitrogen and oxygen atoms in total. The lowest BCUT2D eigenvalue weighted by Crippen LogP contribution is -2.56. The van der Waals surface area contributed by atoms with Crippen LogP contribution in [-0.2, 0) is 0 Å². The topological polar surface area (TPSA) is 55.8 Å². The lowest BCUT2D eigenvalue weighted by atomic mass is 9.97. The lowest BCUT2D eigenvalue weighted by molar-refractivity contribution is 0.182. The fraction of sp³-hybridized carbons (Fsp3) is 0.700. The van der Waals surface area contributed by atoms with Crippen molar-refractivity contribution in [2.45, 2.75) is 37.8 Å². The number of aromatic nitrogens is 1. The molecular formula is C20H35IN6S. The predicted octanol–water partition coefficient (Wildman–Crippen LogP) is 2.58. The molecule has 2 fully saturated rings. The fourth-order valence-corrected chi connectivity index (χ4v) is 5.39. The maximum absolute atomic E-state index is 4.66. The highest BCUT2D eigenvalue weighted by Crippen LogP contribution is 2.31. The van der Waals surface area contributed by atoms with Crippen LogP contribution in [0.4, 0.5) is 5.82 Å². The quantitative estimate of drug-likeness (QED) is 0.355. The monoisotopic (exact) mass is 518 g/mol. The minimum Gasteiger partial charge on any atom is -0.356 e. The van der Waals surface area contributed by atoms with Crippen molar-refractivity contribution in [3.8, 4) is 0 Å². The van der Waals surface area contributed by atoms with Gasteiger partial charge in [0, 0.05) is 49.7 Å². The Labute approximate surface area is 191 Å². The van der Waals surface area contributed by atoms with Crippen LogP contribution in [0.3, 0.4) is 0 Å². The van der Waals surface area contributed by atoms with Gasteiger partial charge in [-0.05, 0) is 58.2 Å². The molecule has 0 spiro atoms. The highest BCUT2D eigenvalue weighted by atomic mass is 127. The Morgan fingerprint density at radius 1 is 1.36 bits per heavy atom. The van der Waals surface area contributed by atoms with Gasteiger partial charge in [0.25, 0.3) is 0 Å². The molecule has 158 valence electrons. The summed E-state index contributed by atoms with van der Waals surface area (Å²) in [6.07, 6.45) is 3.44. The van der Waals surface area contributed by atoms with E-state index in [0.717, 1.165) is 49.9 Å². The zero-order valence-electron chi connectivity index (χ0n) is 17.6. The number of hydrogen-bond acceptors (Lipinski definition) is 5. The van der Waals surface area contributed by atoms with E-state index in [9.17, 15) is 0 Å². The molecule has 0 radical (unpaired) electrons. The summed E-state index contributed by atoms with van der Waals surface area (Å²) in [5.41, 5.74) is 1.32. The zero-order chi connectivity index (χ0) is 19.3. The van der Waals surface area contributed by atoms with Gasteiger partial charge in [-0.25, -0.2) is 4.98 Å². The van der Waals surface area contributed by atoms with Crippen LogP contribution < -0.4 is 15.5 Å². The molecule has 1 aromatic rings. The van der Waals surface area contributed by atoms with Crippen molar-refractivity contribution >= 4 is 47.5 Å². The number of halogens is 1. The number of thioether (sulfide) groups is 1. The van der Waals surface area contributed by atoms with Crippen LogP contribution in [0.15, 0.2) is 23.2 Å². The molecular weight excluding hydrogens is 483 g/mol. The van der Waals surface area contributed by atoms with E-state index in [1.807, 2.05) is 18.8 Å². The van der Waals surface area contributed by atoms with Crippen molar-refractivity contribution in [3.63, 3.8) is 0 Å². The van der Waals surface area contributed by atoms with Gasteiger partial charge in [0.2, 0.25) is 0 Å². The molecule has 0 aromatic carbocycles. The third-order valence-electron chi connectivity index (χ3n) is 5.87. The Hall–Kier alpha value is -0.740. The van der Waals surface area contributed by atoms with E-state index in [-0.39, 0.29) is 29.5 Å². The number of aryl methyl sites for hydroxylation is 1. The van der Waals surface area contributed by atoms with Crippen molar-refractivity contribution in [2.24, 2.45) is 4.99 Å². The smallest absolute Gasteiger partial charge is 0.191 e. The largest absolute Gasteiger partial charge is 0.356 e. The van der Waals surface area contributed by atoms with Crippen molar-refractivity contribution < 1.29 is 0 Å². The number of aliphatic imine (C=N–C) groups is 1. The van der Waals surface area contributed by atoms with E-state index in [1.54, 1.807) is 0 Å². The molecule has 0 bridgehead atoms. The molecule has 3 heterocycles. The molecule has 1 atom stereocenters. The molecule has 2 aliphatic rings. The number of guanidine groups is 1. The molecule has 0 amide bonds. The number of pyridine rings is 1. The molecule has 8 heteroatoms. The fourth-order valence-electron chi connectivity index (χ4n) is 3.84. The Morgan fingerprint density at radius 2 is 2.11 bits per heavy atom. The Bertz CT molecular complexity index is 639. The van der Waals surface area contributed by atoms with E-state index in [0.29, 0.717) is 6.04 Å². The zero-order valence-corrected chi connectivity index (χ0v) is 20.7. The van der Waals surface area contributed by atoms with Crippen LogP contribution in [0.2, 0.25) is 0 Å². The van der Waals surface area contributed by atoms with Crippen molar-refractivity contribution in [1.29, 1.82) is 0 Å². The SMILES string of the molecule is CN=C(NCC1(N(C)C)CCSC1)NC1CCN(c2cccc(C)n2)CC1.I. The molecule has 1 aromatic heterocycles. The van der Waals surface area contributed by atoms with Gasteiger partial charge < -0.3 is 20.4 Å². The van der Waals surface area contributed by atoms with Crippen molar-refractivity contribution in [2.75, 3.05) is 57.2 Å². The maximum atomic E-state index is 4.66. The van der Waals surface area contributed by atoms with Crippen molar-refractivity contribution in [1.82, 2.24) is 20.5 Å². The van der Waals surface area contributed by atoms with Gasteiger partial charge in [0.1, 0.15) is 5.82 Å². The predicted molar refractivity (Wildman–Crippen MR) is 132 cm³/mol. The van der Waals surface area contributed by atoms with Crippen LogP contribution in [0.1, 0.15) is 25.0 Å². The molecule has 2 N–H and O–H groups in total. The molecule has 0 saturated carbocycles. The van der Waals surface area contributed by atoms with Gasteiger partial charge in [-0.15, -0.1) is 24.0 Å². The summed E-state index contributed by atoms with van der Waals surface area (Å²) >= 11 is 2.05. The van der Waals surface area contributed by atoms with Gasteiger partial charge in [0.15, 0.2) is 5.96 Å². The van der Waals surface area contributed by atoms with Crippen LogP contribution in [0.5, 0.6) is 0 Å². The van der Waals surface area contributed by atoms with Gasteiger partial charge in [-0.3, -0.25) is 4.99 Å². The van der Waals surface area contributed by atoms with E-state index in [1.165, 1.54) is 17.9 Å². The summed E-state index contributed by atoms with van der Waals surface area (Å²) < 4.78 is 0. The summed E-state index contributed by atoms with van der Waals surface area (Å²) in [5, 5.41) is 7.22. The lowest BCUT2D eigenvalue weighted by Gasteiger charge is -2.37. The molecule has 2 aliphatic heterocycles. The first kappa shape index (κ1) is 23.5. The normalized spacial score (nSPS) is 23.6. The second-order valence-corrected chi connectivity index (χ2v) is 9.00. The van der Waals surface area contributed by atoms with E-state index in [2.05, 4.69) is 69.6 Å². The summed E-state index contributed by atoms with van der Waals surface area (Å²) in [6, 6.07) is 6.72. The maximum Gasteiger partial charge on any atom is 0.191 e. The number of rotatable bonds is 5. The number of nitrogens with zero attached hydrogens (tertiary/aromatic N) is 4. The van der Waals surface area contributed by atoms with Gasteiger partial charge in [0.05, 0.1) is 0 Å². The summed E-state index contributed by atoms with van der Waals surface area (Å²) in [5.74, 6) is 4.46. The van der Waals surface area contributed by atoms with Gasteiger partial charge >= 0.3 is 0 Å². The van der Waals surface area contributed by atoms with E-state index < -0.39 is 0 Å². The minimum absolute atomic E-state index is 0. The number of likely N-dealkylation sites (N-methyl/N-ethyl adjacent to an activating group) is 1. The Kier molecular flexibility index (Phi) is 9.14. The molecule has 2 saturated heterocycles. The average Bonchev–Trinajstić information content (AvgIpc) is 3.16. The van der Waals surface area contributed by atoms with Crippen LogP contribution in [0, 0.1) is 6.92 Å².